The van der Waals surface area contributed by atoms with Crippen molar-refractivity contribution in [1.29, 1.82) is 0 Å². The van der Waals surface area contributed by atoms with Crippen LogP contribution in [0.25, 0.3) is 0 Å². The number of fused-ring (bicyclic) bond motifs is 1. The van der Waals surface area contributed by atoms with Crippen molar-refractivity contribution >= 4 is 11.6 Å². The van der Waals surface area contributed by atoms with E-state index >= 15 is 0 Å². The third kappa shape index (κ3) is 1.57. The van der Waals surface area contributed by atoms with E-state index in [4.69, 9.17) is 4.74 Å². The summed E-state index contributed by atoms with van der Waals surface area (Å²) < 4.78 is 5.71. The highest BCUT2D eigenvalue weighted by molar-refractivity contribution is 6.07. The van der Waals surface area contributed by atoms with Crippen LogP contribution in [0.15, 0.2) is 24.3 Å². The Morgan fingerprint density at radius 2 is 2.22 bits per heavy atom. The molecule has 0 aliphatic carbocycles. The molecule has 1 fully saturated rings. The van der Waals surface area contributed by atoms with Crippen LogP contribution in [0.5, 0.6) is 0 Å². The Labute approximate surface area is 108 Å². The number of rotatable bonds is 2. The van der Waals surface area contributed by atoms with Crippen LogP contribution in [0.3, 0.4) is 0 Å². The minimum Gasteiger partial charge on any atom is -0.378 e. The predicted molar refractivity (Wildman–Crippen MR) is 70.8 cm³/mol. The number of amides is 1. The Bertz CT molecular complexity index is 479. The van der Waals surface area contributed by atoms with E-state index in [1.165, 1.54) is 0 Å². The zero-order valence-corrected chi connectivity index (χ0v) is 11.0. The third-order valence-corrected chi connectivity index (χ3v) is 4.30. The Hall–Kier alpha value is -1.35. The van der Waals surface area contributed by atoms with Gasteiger partial charge in [-0.3, -0.25) is 4.79 Å². The van der Waals surface area contributed by atoms with Gasteiger partial charge in [-0.2, -0.15) is 0 Å². The lowest BCUT2D eigenvalue weighted by Crippen LogP contribution is -2.38. The van der Waals surface area contributed by atoms with E-state index in [1.807, 2.05) is 25.2 Å². The van der Waals surface area contributed by atoms with Crippen molar-refractivity contribution in [3.8, 4) is 0 Å². The van der Waals surface area contributed by atoms with Gasteiger partial charge in [-0.1, -0.05) is 18.2 Å². The van der Waals surface area contributed by atoms with Crippen molar-refractivity contribution in [2.75, 3.05) is 18.6 Å². The number of nitrogens with zero attached hydrogens (tertiary/aromatic N) is 1. The molecule has 18 heavy (non-hydrogen) atoms. The summed E-state index contributed by atoms with van der Waals surface area (Å²) in [5, 5.41) is 0. The molecular weight excluding hydrogens is 226 g/mol. The van der Waals surface area contributed by atoms with Crippen LogP contribution in [-0.4, -0.2) is 25.7 Å². The van der Waals surface area contributed by atoms with Crippen LogP contribution in [0.2, 0.25) is 0 Å². The number of carbonyl (C=O) groups excluding carboxylic acids is 1. The minimum absolute atomic E-state index is 0.194. The highest BCUT2D eigenvalue weighted by atomic mass is 16.5. The second kappa shape index (κ2) is 4.09. The van der Waals surface area contributed by atoms with Crippen molar-refractivity contribution < 1.29 is 9.53 Å². The number of anilines is 1. The Morgan fingerprint density at radius 1 is 1.44 bits per heavy atom. The lowest BCUT2D eigenvalue weighted by Gasteiger charge is -2.26. The minimum atomic E-state index is -0.416. The molecule has 2 aliphatic heterocycles. The van der Waals surface area contributed by atoms with E-state index < -0.39 is 5.41 Å². The maximum atomic E-state index is 12.5. The molecule has 2 heterocycles. The normalized spacial score (nSPS) is 30.9. The maximum Gasteiger partial charge on any atom is 0.237 e. The van der Waals surface area contributed by atoms with Gasteiger partial charge in [-0.25, -0.2) is 0 Å². The largest absolute Gasteiger partial charge is 0.378 e. The van der Waals surface area contributed by atoms with Crippen molar-refractivity contribution in [3.63, 3.8) is 0 Å². The number of likely N-dealkylation sites (N-methyl/N-ethyl adjacent to an activating group) is 1. The fourth-order valence-corrected chi connectivity index (χ4v) is 3.29. The van der Waals surface area contributed by atoms with Crippen LogP contribution in [0.4, 0.5) is 5.69 Å². The fraction of sp³-hybridized carbons (Fsp3) is 0.533. The standard InChI is InChI=1S/C15H19NO2/c1-15(10-11-6-5-9-18-11)12-7-3-4-8-13(12)16(2)14(15)17/h3-4,7-8,11H,5-6,9-10H2,1-2H3. The van der Waals surface area contributed by atoms with E-state index in [2.05, 4.69) is 13.0 Å². The van der Waals surface area contributed by atoms with Crippen LogP contribution >= 0.6 is 0 Å². The quantitative estimate of drug-likeness (QED) is 0.801. The summed E-state index contributed by atoms with van der Waals surface area (Å²) in [4.78, 5) is 14.3. The molecule has 2 aliphatic rings. The Morgan fingerprint density at radius 3 is 2.94 bits per heavy atom. The summed E-state index contributed by atoms with van der Waals surface area (Å²) in [5.74, 6) is 0.194. The van der Waals surface area contributed by atoms with E-state index in [9.17, 15) is 4.79 Å². The molecule has 3 heteroatoms. The number of hydrogen-bond donors (Lipinski definition) is 0. The molecule has 0 saturated carbocycles. The number of ether oxygens (including phenoxy) is 1. The first kappa shape index (κ1) is 11.7. The molecule has 3 rings (SSSR count). The van der Waals surface area contributed by atoms with Gasteiger partial charge in [0.15, 0.2) is 0 Å². The smallest absolute Gasteiger partial charge is 0.237 e. The van der Waals surface area contributed by atoms with Gasteiger partial charge >= 0.3 is 0 Å². The van der Waals surface area contributed by atoms with Gasteiger partial charge in [0.1, 0.15) is 0 Å². The van der Waals surface area contributed by atoms with Crippen molar-refractivity contribution in [1.82, 2.24) is 0 Å². The van der Waals surface area contributed by atoms with Gasteiger partial charge in [-0.05, 0) is 37.8 Å². The van der Waals surface area contributed by atoms with E-state index in [0.717, 1.165) is 37.1 Å². The third-order valence-electron chi connectivity index (χ3n) is 4.30. The molecule has 0 radical (unpaired) electrons. The Balaban J connectivity index is 1.97. The summed E-state index contributed by atoms with van der Waals surface area (Å²) >= 11 is 0. The summed E-state index contributed by atoms with van der Waals surface area (Å²) in [6.07, 6.45) is 3.23. The molecule has 2 unspecified atom stereocenters. The Kier molecular flexibility index (Phi) is 2.67. The molecule has 0 spiro atoms. The van der Waals surface area contributed by atoms with Crippen LogP contribution in [0, 0.1) is 0 Å². The zero-order valence-electron chi connectivity index (χ0n) is 11.0. The van der Waals surface area contributed by atoms with Crippen molar-refractivity contribution in [2.24, 2.45) is 0 Å². The average molecular weight is 245 g/mol. The SMILES string of the molecule is CN1C(=O)C(C)(CC2CCCO2)c2ccccc21. The lowest BCUT2D eigenvalue weighted by molar-refractivity contribution is -0.123. The molecule has 0 N–H and O–H groups in total. The van der Waals surface area contributed by atoms with E-state index in [-0.39, 0.29) is 12.0 Å². The van der Waals surface area contributed by atoms with Crippen LogP contribution in [0.1, 0.15) is 31.7 Å². The van der Waals surface area contributed by atoms with Gasteiger partial charge in [0, 0.05) is 19.3 Å². The molecule has 0 aromatic heterocycles. The molecule has 2 atom stereocenters. The first-order chi connectivity index (χ1) is 8.63. The molecule has 1 amide bonds. The molecule has 3 nitrogen and oxygen atoms in total. The second-order valence-electron chi connectivity index (χ2n) is 5.55. The zero-order chi connectivity index (χ0) is 12.8. The van der Waals surface area contributed by atoms with Gasteiger partial charge < -0.3 is 9.64 Å². The van der Waals surface area contributed by atoms with E-state index in [0.29, 0.717) is 0 Å². The number of para-hydroxylation sites is 1. The fourth-order valence-electron chi connectivity index (χ4n) is 3.29. The maximum absolute atomic E-state index is 12.5. The monoisotopic (exact) mass is 245 g/mol. The molecule has 1 saturated heterocycles. The number of hydrogen-bond acceptors (Lipinski definition) is 2. The highest BCUT2D eigenvalue weighted by Gasteiger charge is 2.47. The van der Waals surface area contributed by atoms with Crippen LogP contribution < -0.4 is 4.90 Å². The van der Waals surface area contributed by atoms with E-state index in [1.54, 1.807) is 4.90 Å². The van der Waals surface area contributed by atoms with Gasteiger partial charge in [0.05, 0.1) is 11.5 Å². The lowest BCUT2D eigenvalue weighted by atomic mass is 9.78. The first-order valence-electron chi connectivity index (χ1n) is 6.62. The molecule has 96 valence electrons. The topological polar surface area (TPSA) is 29.5 Å². The van der Waals surface area contributed by atoms with Gasteiger partial charge in [-0.15, -0.1) is 0 Å². The first-order valence-corrected chi connectivity index (χ1v) is 6.62. The summed E-state index contributed by atoms with van der Waals surface area (Å²) in [7, 11) is 1.86. The summed E-state index contributed by atoms with van der Waals surface area (Å²) in [5.41, 5.74) is 1.77. The van der Waals surface area contributed by atoms with Crippen LogP contribution in [-0.2, 0) is 14.9 Å². The summed E-state index contributed by atoms with van der Waals surface area (Å²) in [6, 6.07) is 8.10. The molecule has 1 aromatic rings. The van der Waals surface area contributed by atoms with Crippen molar-refractivity contribution in [2.45, 2.75) is 37.7 Å². The van der Waals surface area contributed by atoms with Gasteiger partial charge in [0.2, 0.25) is 5.91 Å². The average Bonchev–Trinajstić information content (AvgIpc) is 2.94. The van der Waals surface area contributed by atoms with Gasteiger partial charge in [0.25, 0.3) is 0 Å². The second-order valence-corrected chi connectivity index (χ2v) is 5.55. The predicted octanol–water partition coefficient (Wildman–Crippen LogP) is 2.49. The highest BCUT2D eigenvalue weighted by Crippen LogP contribution is 2.44. The summed E-state index contributed by atoms with van der Waals surface area (Å²) in [6.45, 7) is 2.89. The molecular formula is C15H19NO2. The van der Waals surface area contributed by atoms with Crippen molar-refractivity contribution in [3.05, 3.63) is 29.8 Å². The molecule has 0 bridgehead atoms. The molecule has 1 aromatic carbocycles. The number of carbonyl (C=O) groups is 1. The number of benzene rings is 1.